The van der Waals surface area contributed by atoms with Gasteiger partial charge in [-0.3, -0.25) is 4.79 Å². The molecule has 0 amide bonds. The molecule has 0 heterocycles. The second-order valence-electron chi connectivity index (χ2n) is 2.81. The van der Waals surface area contributed by atoms with E-state index >= 15 is 0 Å². The minimum absolute atomic E-state index is 0.0255. The van der Waals surface area contributed by atoms with E-state index < -0.39 is 0 Å². The molecule has 0 bridgehead atoms. The zero-order valence-corrected chi connectivity index (χ0v) is 8.36. The fraction of sp³-hybridized carbons (Fsp3) is 0.364. The summed E-state index contributed by atoms with van der Waals surface area (Å²) in [6, 6.07) is 12.0. The van der Waals surface area contributed by atoms with Gasteiger partial charge in [-0.1, -0.05) is 36.4 Å². The van der Waals surface area contributed by atoms with Gasteiger partial charge in [-0.15, -0.1) is 0 Å². The summed E-state index contributed by atoms with van der Waals surface area (Å²) < 4.78 is 4.61. The van der Waals surface area contributed by atoms with Crippen molar-refractivity contribution in [1.29, 1.82) is 0 Å². The third-order valence-electron chi connectivity index (χ3n) is 1.07. The maximum atomic E-state index is 10.0. The molecular weight excluding hydrogens is 164 g/mol. The lowest BCUT2D eigenvalue weighted by atomic mass is 10.4. The van der Waals surface area contributed by atoms with E-state index in [1.54, 1.807) is 0 Å². The molecule has 0 aliphatic carbocycles. The third-order valence-corrected chi connectivity index (χ3v) is 1.07. The fourth-order valence-electron chi connectivity index (χ4n) is 0.717. The largest absolute Gasteiger partial charge is 0.463 e. The molecule has 0 N–H and O–H groups in total. The Balaban J connectivity index is 0.000000223. The second kappa shape index (κ2) is 7.35. The fourth-order valence-corrected chi connectivity index (χ4v) is 0.717. The summed E-state index contributed by atoms with van der Waals surface area (Å²) in [6.07, 6.45) is 0.0255. The normalized spacial score (nSPS) is 8.62. The number of rotatable bonds is 1. The van der Waals surface area contributed by atoms with Crippen LogP contribution in [0.25, 0.3) is 0 Å². The Morgan fingerprint density at radius 2 is 1.31 bits per heavy atom. The van der Waals surface area contributed by atoms with Crippen LogP contribution in [0.15, 0.2) is 36.4 Å². The van der Waals surface area contributed by atoms with Crippen LogP contribution in [0.5, 0.6) is 0 Å². The number of ether oxygens (including phenoxy) is 1. The Bertz CT molecular complexity index is 190. The maximum Gasteiger partial charge on any atom is 0.302 e. The Morgan fingerprint density at radius 3 is 1.38 bits per heavy atom. The Hall–Kier alpha value is -1.31. The van der Waals surface area contributed by atoms with Crippen molar-refractivity contribution >= 4 is 5.97 Å². The molecule has 2 heteroatoms. The third kappa shape index (κ3) is 10.7. The van der Waals surface area contributed by atoms with Gasteiger partial charge in [0.15, 0.2) is 0 Å². The van der Waals surface area contributed by atoms with Gasteiger partial charge in [0.1, 0.15) is 0 Å². The van der Waals surface area contributed by atoms with Crippen LogP contribution >= 0.6 is 0 Å². The van der Waals surface area contributed by atoms with Crippen molar-refractivity contribution < 1.29 is 9.53 Å². The zero-order valence-electron chi connectivity index (χ0n) is 8.36. The van der Waals surface area contributed by atoms with Gasteiger partial charge in [0.2, 0.25) is 0 Å². The van der Waals surface area contributed by atoms with Crippen molar-refractivity contribution in [3.63, 3.8) is 0 Å². The maximum absolute atomic E-state index is 10.0. The Labute approximate surface area is 79.5 Å². The first-order valence-electron chi connectivity index (χ1n) is 4.30. The van der Waals surface area contributed by atoms with Crippen molar-refractivity contribution in [2.75, 3.05) is 0 Å². The summed E-state index contributed by atoms with van der Waals surface area (Å²) in [5.74, 6) is -0.213. The summed E-state index contributed by atoms with van der Waals surface area (Å²) in [4.78, 5) is 10.0. The first kappa shape index (κ1) is 11.7. The van der Waals surface area contributed by atoms with Crippen molar-refractivity contribution in [3.8, 4) is 0 Å². The van der Waals surface area contributed by atoms with E-state index in [-0.39, 0.29) is 12.1 Å². The van der Waals surface area contributed by atoms with Gasteiger partial charge in [0.25, 0.3) is 0 Å². The van der Waals surface area contributed by atoms with E-state index in [9.17, 15) is 4.79 Å². The Morgan fingerprint density at radius 1 is 1.00 bits per heavy atom. The first-order chi connectivity index (χ1) is 6.13. The molecule has 1 rings (SSSR count). The molecule has 0 radical (unpaired) electrons. The number of carbonyl (C=O) groups excluding carboxylic acids is 1. The van der Waals surface area contributed by atoms with E-state index in [2.05, 4.69) is 4.74 Å². The van der Waals surface area contributed by atoms with Gasteiger partial charge >= 0.3 is 5.97 Å². The standard InChI is InChI=1S/C6H6.C5H10O2/c1-2-4-6-5-3-1;1-4(2)7-5(3)6/h1-6H;4H,1-3H3. The van der Waals surface area contributed by atoms with Gasteiger partial charge in [0.05, 0.1) is 6.10 Å². The molecule has 2 nitrogen and oxygen atoms in total. The van der Waals surface area contributed by atoms with Crippen molar-refractivity contribution in [2.24, 2.45) is 0 Å². The molecule has 0 spiro atoms. The number of hydrogen-bond donors (Lipinski definition) is 0. The summed E-state index contributed by atoms with van der Waals surface area (Å²) in [6.45, 7) is 5.04. The van der Waals surface area contributed by atoms with Gasteiger partial charge < -0.3 is 4.74 Å². The number of carbonyl (C=O) groups is 1. The highest BCUT2D eigenvalue weighted by Gasteiger charge is 1.93. The van der Waals surface area contributed by atoms with Crippen LogP contribution in [0, 0.1) is 0 Å². The molecular formula is C11H16O2. The molecule has 0 atom stereocenters. The molecule has 0 saturated heterocycles. The van der Waals surface area contributed by atoms with Gasteiger partial charge in [-0.05, 0) is 13.8 Å². The van der Waals surface area contributed by atoms with E-state index in [0.717, 1.165) is 0 Å². The van der Waals surface area contributed by atoms with E-state index in [0.29, 0.717) is 0 Å². The SMILES string of the molecule is CC(=O)OC(C)C.c1ccccc1. The van der Waals surface area contributed by atoms with Crippen LogP contribution in [0.2, 0.25) is 0 Å². The highest BCUT2D eigenvalue weighted by atomic mass is 16.5. The first-order valence-corrected chi connectivity index (χ1v) is 4.30. The molecule has 0 aromatic heterocycles. The lowest BCUT2D eigenvalue weighted by Gasteiger charge is -2.01. The lowest BCUT2D eigenvalue weighted by Crippen LogP contribution is -2.06. The topological polar surface area (TPSA) is 26.3 Å². The smallest absolute Gasteiger partial charge is 0.302 e. The molecule has 0 aliphatic heterocycles. The quantitative estimate of drug-likeness (QED) is 0.621. The number of hydrogen-bond acceptors (Lipinski definition) is 2. The van der Waals surface area contributed by atoms with Crippen LogP contribution in [-0.4, -0.2) is 12.1 Å². The van der Waals surface area contributed by atoms with Crippen LogP contribution < -0.4 is 0 Å². The summed E-state index contributed by atoms with van der Waals surface area (Å²) in [5, 5.41) is 0. The zero-order chi connectivity index (χ0) is 10.1. The Kier molecular flexibility index (Phi) is 6.60. The molecule has 0 aliphatic rings. The second-order valence-corrected chi connectivity index (χ2v) is 2.81. The molecule has 0 fully saturated rings. The molecule has 1 aromatic rings. The molecule has 0 saturated carbocycles. The van der Waals surface area contributed by atoms with Gasteiger partial charge in [-0.2, -0.15) is 0 Å². The van der Waals surface area contributed by atoms with E-state index in [1.165, 1.54) is 6.92 Å². The molecule has 1 aromatic carbocycles. The summed E-state index contributed by atoms with van der Waals surface area (Å²) in [7, 11) is 0. The summed E-state index contributed by atoms with van der Waals surface area (Å²) >= 11 is 0. The monoisotopic (exact) mass is 180 g/mol. The predicted molar refractivity (Wildman–Crippen MR) is 53.3 cm³/mol. The molecule has 13 heavy (non-hydrogen) atoms. The van der Waals surface area contributed by atoms with Crippen LogP contribution in [0.4, 0.5) is 0 Å². The minimum atomic E-state index is -0.213. The van der Waals surface area contributed by atoms with Crippen molar-refractivity contribution in [3.05, 3.63) is 36.4 Å². The summed E-state index contributed by atoms with van der Waals surface area (Å²) in [5.41, 5.74) is 0. The molecule has 72 valence electrons. The predicted octanol–water partition coefficient (Wildman–Crippen LogP) is 2.64. The van der Waals surface area contributed by atoms with Crippen molar-refractivity contribution in [1.82, 2.24) is 0 Å². The van der Waals surface area contributed by atoms with Gasteiger partial charge in [0, 0.05) is 6.92 Å². The average molecular weight is 180 g/mol. The number of benzene rings is 1. The van der Waals surface area contributed by atoms with Crippen LogP contribution in [0.3, 0.4) is 0 Å². The minimum Gasteiger partial charge on any atom is -0.463 e. The van der Waals surface area contributed by atoms with Crippen LogP contribution in [0.1, 0.15) is 20.8 Å². The average Bonchev–Trinajstić information content (AvgIpc) is 2.06. The number of esters is 1. The van der Waals surface area contributed by atoms with Crippen molar-refractivity contribution in [2.45, 2.75) is 26.9 Å². The van der Waals surface area contributed by atoms with Crippen LogP contribution in [-0.2, 0) is 9.53 Å². The highest BCUT2D eigenvalue weighted by molar-refractivity contribution is 5.66. The van der Waals surface area contributed by atoms with E-state index in [1.807, 2.05) is 50.2 Å². The highest BCUT2D eigenvalue weighted by Crippen LogP contribution is 1.85. The van der Waals surface area contributed by atoms with Gasteiger partial charge in [-0.25, -0.2) is 0 Å². The molecule has 0 unspecified atom stereocenters. The van der Waals surface area contributed by atoms with E-state index in [4.69, 9.17) is 0 Å². The lowest BCUT2D eigenvalue weighted by molar-refractivity contribution is -0.144.